The van der Waals surface area contributed by atoms with Gasteiger partial charge in [0.2, 0.25) is 0 Å². The van der Waals surface area contributed by atoms with Gasteiger partial charge in [-0.2, -0.15) is 0 Å². The monoisotopic (exact) mass is 359 g/mol. The number of nitrogens with one attached hydrogen (secondary N) is 1. The molecule has 3 heterocycles. The van der Waals surface area contributed by atoms with Gasteiger partial charge >= 0.3 is 0 Å². The number of anilines is 1. The smallest absolute Gasteiger partial charge is 0.296 e. The number of benzene rings is 1. The number of amides is 1. The molecule has 1 amide bonds. The standard InChI is InChI=1S/C20H26N2O4/c23-19-20(25-17-8-2-1-3-9-18(17)26-20)15-6-4-5-7-16(15)22(19)14-21-10-12-24-13-11-21/h4-7,17-18H,1-3,8-14H2/p+1/t17-,18-/m1/s1. The molecule has 0 unspecified atom stereocenters. The number of fused-ring (bicyclic) bond motifs is 3. The van der Waals surface area contributed by atoms with Crippen LogP contribution in [0.4, 0.5) is 5.69 Å². The van der Waals surface area contributed by atoms with E-state index in [0.717, 1.165) is 63.2 Å². The number of rotatable bonds is 2. The summed E-state index contributed by atoms with van der Waals surface area (Å²) in [5, 5.41) is 0. The number of carbonyl (C=O) groups is 1. The van der Waals surface area contributed by atoms with E-state index in [2.05, 4.69) is 0 Å². The Morgan fingerprint density at radius 3 is 2.46 bits per heavy atom. The first-order valence-electron chi connectivity index (χ1n) is 9.96. The summed E-state index contributed by atoms with van der Waals surface area (Å²) in [6.45, 7) is 3.99. The number of morpholine rings is 1. The van der Waals surface area contributed by atoms with Crippen LogP contribution in [0.15, 0.2) is 24.3 Å². The van der Waals surface area contributed by atoms with Crippen molar-refractivity contribution in [1.82, 2.24) is 0 Å². The van der Waals surface area contributed by atoms with Gasteiger partial charge in [-0.3, -0.25) is 9.69 Å². The molecular formula is C20H27N2O4+. The fourth-order valence-corrected chi connectivity index (χ4v) is 4.78. The third-order valence-electron chi connectivity index (χ3n) is 6.18. The molecule has 140 valence electrons. The molecule has 4 aliphatic rings. The second kappa shape index (κ2) is 6.60. The van der Waals surface area contributed by atoms with E-state index >= 15 is 0 Å². The van der Waals surface area contributed by atoms with Gasteiger partial charge in [-0.15, -0.1) is 0 Å². The second-order valence-corrected chi connectivity index (χ2v) is 7.84. The van der Waals surface area contributed by atoms with E-state index in [1.807, 2.05) is 29.2 Å². The molecular weight excluding hydrogens is 332 g/mol. The van der Waals surface area contributed by atoms with E-state index in [-0.39, 0.29) is 18.1 Å². The first-order valence-corrected chi connectivity index (χ1v) is 9.96. The van der Waals surface area contributed by atoms with Crippen molar-refractivity contribution in [1.29, 1.82) is 0 Å². The minimum Gasteiger partial charge on any atom is -0.370 e. The summed E-state index contributed by atoms with van der Waals surface area (Å²) in [5.41, 5.74) is 1.82. The predicted molar refractivity (Wildman–Crippen MR) is 94.8 cm³/mol. The molecule has 6 nitrogen and oxygen atoms in total. The molecule has 1 aromatic rings. The lowest BCUT2D eigenvalue weighted by molar-refractivity contribution is -0.906. The van der Waals surface area contributed by atoms with Crippen molar-refractivity contribution in [2.75, 3.05) is 37.9 Å². The Balaban J connectivity index is 1.46. The zero-order valence-corrected chi connectivity index (χ0v) is 15.1. The summed E-state index contributed by atoms with van der Waals surface area (Å²) < 4.78 is 18.3. The molecule has 1 N–H and O–H groups in total. The van der Waals surface area contributed by atoms with Crippen LogP contribution in [0.25, 0.3) is 0 Å². The fraction of sp³-hybridized carbons (Fsp3) is 0.650. The van der Waals surface area contributed by atoms with Gasteiger partial charge in [0, 0.05) is 5.56 Å². The Labute approximate surface area is 154 Å². The molecule has 2 saturated heterocycles. The van der Waals surface area contributed by atoms with Gasteiger partial charge in [0.05, 0.1) is 31.1 Å². The molecule has 6 heteroatoms. The van der Waals surface area contributed by atoms with E-state index in [9.17, 15) is 4.79 Å². The van der Waals surface area contributed by atoms with E-state index in [0.29, 0.717) is 6.67 Å². The minimum atomic E-state index is -1.23. The highest BCUT2D eigenvalue weighted by atomic mass is 16.8. The summed E-state index contributed by atoms with van der Waals surface area (Å²) in [5.74, 6) is -1.28. The number of nitrogens with zero attached hydrogens (tertiary/aromatic N) is 1. The van der Waals surface area contributed by atoms with Crippen LogP contribution < -0.4 is 9.80 Å². The first-order chi connectivity index (χ1) is 12.8. The molecule has 26 heavy (non-hydrogen) atoms. The Kier molecular flexibility index (Phi) is 4.24. The molecule has 0 bridgehead atoms. The summed E-state index contributed by atoms with van der Waals surface area (Å²) in [6.07, 6.45) is 5.56. The number of quaternary nitrogens is 1. The van der Waals surface area contributed by atoms with E-state index in [1.54, 1.807) is 0 Å². The molecule has 2 atom stereocenters. The van der Waals surface area contributed by atoms with Crippen LogP contribution in [-0.2, 0) is 24.8 Å². The molecule has 1 aliphatic carbocycles. The van der Waals surface area contributed by atoms with Gasteiger partial charge in [0.1, 0.15) is 13.1 Å². The van der Waals surface area contributed by atoms with Crippen LogP contribution in [0.1, 0.15) is 37.7 Å². The third kappa shape index (κ3) is 2.59. The fourth-order valence-electron chi connectivity index (χ4n) is 4.78. The van der Waals surface area contributed by atoms with Gasteiger partial charge in [0.15, 0.2) is 6.67 Å². The maximum atomic E-state index is 13.5. The zero-order chi connectivity index (χ0) is 17.6. The van der Waals surface area contributed by atoms with Gasteiger partial charge < -0.3 is 19.1 Å². The maximum absolute atomic E-state index is 13.5. The molecule has 3 aliphatic heterocycles. The highest BCUT2D eigenvalue weighted by Gasteiger charge is 2.61. The Bertz CT molecular complexity index is 674. The Morgan fingerprint density at radius 1 is 1.04 bits per heavy atom. The Morgan fingerprint density at radius 2 is 1.73 bits per heavy atom. The molecule has 0 aromatic heterocycles. The molecule has 5 rings (SSSR count). The quantitative estimate of drug-likeness (QED) is 0.849. The largest absolute Gasteiger partial charge is 0.370 e. The zero-order valence-electron chi connectivity index (χ0n) is 15.1. The lowest BCUT2D eigenvalue weighted by Gasteiger charge is -2.29. The number of para-hydroxylation sites is 1. The predicted octanol–water partition coefficient (Wildman–Crippen LogP) is 0.807. The second-order valence-electron chi connectivity index (χ2n) is 7.84. The topological polar surface area (TPSA) is 52.4 Å². The van der Waals surface area contributed by atoms with Crippen LogP contribution in [-0.4, -0.2) is 51.1 Å². The number of hydrogen-bond acceptors (Lipinski definition) is 4. The SMILES string of the molecule is O=C1N(C[NH+]2CCOCC2)c2ccccc2C12O[C@@H]1CCCCC[C@H]1O2. The molecule has 1 aromatic carbocycles. The normalized spacial score (nSPS) is 31.1. The van der Waals surface area contributed by atoms with Crippen molar-refractivity contribution in [3.8, 4) is 0 Å². The summed E-state index contributed by atoms with van der Waals surface area (Å²) in [6, 6.07) is 7.97. The highest BCUT2D eigenvalue weighted by Crippen LogP contribution is 2.50. The van der Waals surface area contributed by atoms with Crippen molar-refractivity contribution in [3.05, 3.63) is 29.8 Å². The Hall–Kier alpha value is -1.47. The van der Waals surface area contributed by atoms with Gasteiger partial charge in [-0.05, 0) is 18.9 Å². The van der Waals surface area contributed by atoms with Gasteiger partial charge in [0.25, 0.3) is 11.7 Å². The molecule has 0 radical (unpaired) electrons. The van der Waals surface area contributed by atoms with Crippen molar-refractivity contribution in [2.45, 2.75) is 50.1 Å². The molecule has 1 spiro atoms. The average Bonchev–Trinajstić information content (AvgIpc) is 3.05. The number of carbonyl (C=O) groups excluding carboxylic acids is 1. The summed E-state index contributed by atoms with van der Waals surface area (Å²) in [4.78, 5) is 16.8. The van der Waals surface area contributed by atoms with Crippen molar-refractivity contribution in [3.63, 3.8) is 0 Å². The van der Waals surface area contributed by atoms with Crippen molar-refractivity contribution >= 4 is 11.6 Å². The van der Waals surface area contributed by atoms with Crippen molar-refractivity contribution in [2.24, 2.45) is 0 Å². The van der Waals surface area contributed by atoms with Gasteiger partial charge in [-0.25, -0.2) is 0 Å². The van der Waals surface area contributed by atoms with Crippen LogP contribution in [0.5, 0.6) is 0 Å². The molecule has 1 saturated carbocycles. The third-order valence-corrected chi connectivity index (χ3v) is 6.18. The van der Waals surface area contributed by atoms with Crippen LogP contribution in [0.3, 0.4) is 0 Å². The van der Waals surface area contributed by atoms with Crippen molar-refractivity contribution < 1.29 is 23.9 Å². The van der Waals surface area contributed by atoms with E-state index in [1.165, 1.54) is 11.3 Å². The lowest BCUT2D eigenvalue weighted by atomic mass is 10.1. The summed E-state index contributed by atoms with van der Waals surface area (Å²) in [7, 11) is 0. The average molecular weight is 359 g/mol. The molecule has 3 fully saturated rings. The van der Waals surface area contributed by atoms with Gasteiger partial charge in [-0.1, -0.05) is 37.5 Å². The van der Waals surface area contributed by atoms with E-state index < -0.39 is 5.79 Å². The maximum Gasteiger partial charge on any atom is 0.296 e. The first kappa shape index (κ1) is 16.7. The van der Waals surface area contributed by atoms with E-state index in [4.69, 9.17) is 14.2 Å². The highest BCUT2D eigenvalue weighted by molar-refractivity contribution is 6.06. The van der Waals surface area contributed by atoms with Crippen LogP contribution >= 0.6 is 0 Å². The van der Waals surface area contributed by atoms with Crippen LogP contribution in [0.2, 0.25) is 0 Å². The summed E-state index contributed by atoms with van der Waals surface area (Å²) >= 11 is 0. The minimum absolute atomic E-state index is 0.0326. The lowest BCUT2D eigenvalue weighted by Crippen LogP contribution is -3.15. The number of ether oxygens (including phenoxy) is 3. The number of hydrogen-bond donors (Lipinski definition) is 1. The van der Waals surface area contributed by atoms with Crippen LogP contribution in [0, 0.1) is 0 Å².